The van der Waals surface area contributed by atoms with Crippen LogP contribution in [0.4, 0.5) is 4.79 Å². The van der Waals surface area contributed by atoms with Crippen molar-refractivity contribution < 1.29 is 47.7 Å². The highest BCUT2D eigenvalue weighted by molar-refractivity contribution is 7.13. The Kier molecular flexibility index (Phi) is 18.9. The van der Waals surface area contributed by atoms with Crippen molar-refractivity contribution >= 4 is 40.9 Å². The van der Waals surface area contributed by atoms with Gasteiger partial charge >= 0.3 is 6.03 Å². The number of urea groups is 1. The van der Waals surface area contributed by atoms with E-state index in [2.05, 4.69) is 20.9 Å². The maximum absolute atomic E-state index is 13.9. The van der Waals surface area contributed by atoms with Gasteiger partial charge in [-0.3, -0.25) is 24.0 Å². The number of carbonyl (C=O) groups is 5. The van der Waals surface area contributed by atoms with Gasteiger partial charge in [-0.2, -0.15) is 0 Å². The predicted molar refractivity (Wildman–Crippen MR) is 268 cm³/mol. The molecule has 20 heteroatoms. The van der Waals surface area contributed by atoms with Crippen LogP contribution in [0.5, 0.6) is 11.5 Å². The second-order valence-electron chi connectivity index (χ2n) is 19.0. The van der Waals surface area contributed by atoms with E-state index >= 15 is 0 Å². The van der Waals surface area contributed by atoms with E-state index in [4.69, 9.17) is 23.7 Å². The van der Waals surface area contributed by atoms with E-state index in [9.17, 15) is 28.8 Å². The fourth-order valence-corrected chi connectivity index (χ4v) is 9.43. The third-order valence-electron chi connectivity index (χ3n) is 12.3. The summed E-state index contributed by atoms with van der Waals surface area (Å²) in [5, 5.41) is 8.51. The molecule has 0 bridgehead atoms. The molecule has 71 heavy (non-hydrogen) atoms. The van der Waals surface area contributed by atoms with E-state index in [1.807, 2.05) is 68.5 Å². The second-order valence-corrected chi connectivity index (χ2v) is 19.8. The number of ketones is 1. The van der Waals surface area contributed by atoms with Crippen molar-refractivity contribution in [1.82, 2.24) is 40.2 Å². The van der Waals surface area contributed by atoms with Gasteiger partial charge in [0.1, 0.15) is 30.2 Å². The topological polar surface area (TPSA) is 212 Å². The lowest BCUT2D eigenvalue weighted by Gasteiger charge is -2.35. The molecule has 2 aromatic carbocycles. The minimum atomic E-state index is -1.03. The first-order chi connectivity index (χ1) is 33.9. The minimum Gasteiger partial charge on any atom is -0.496 e. The van der Waals surface area contributed by atoms with Gasteiger partial charge in [0.25, 0.3) is 5.56 Å². The van der Waals surface area contributed by atoms with Crippen molar-refractivity contribution in [3.05, 3.63) is 86.4 Å². The lowest BCUT2D eigenvalue weighted by molar-refractivity contribution is -0.144. The van der Waals surface area contributed by atoms with Gasteiger partial charge in [-0.25, -0.2) is 9.78 Å². The zero-order chi connectivity index (χ0) is 51.4. The van der Waals surface area contributed by atoms with E-state index in [1.165, 1.54) is 4.90 Å². The first-order valence-corrected chi connectivity index (χ1v) is 24.5. The quantitative estimate of drug-likeness (QED) is 0.0961. The van der Waals surface area contributed by atoms with E-state index in [-0.39, 0.29) is 89.6 Å². The fourth-order valence-electron chi connectivity index (χ4n) is 8.61. The summed E-state index contributed by atoms with van der Waals surface area (Å²) in [6.45, 7) is 9.47. The molecule has 0 aliphatic carbocycles. The summed E-state index contributed by atoms with van der Waals surface area (Å²) < 4.78 is 29.8. The van der Waals surface area contributed by atoms with Crippen molar-refractivity contribution in [2.45, 2.75) is 72.3 Å². The number of thiazole rings is 1. The molecular formula is C51H68N8O11S. The number of benzene rings is 2. The van der Waals surface area contributed by atoms with Gasteiger partial charge in [0, 0.05) is 57.0 Å². The lowest BCUT2D eigenvalue weighted by Crippen LogP contribution is -2.58. The summed E-state index contributed by atoms with van der Waals surface area (Å²) in [5.41, 5.74) is 7.85. The number of fused-ring (bicyclic) bond motifs is 1. The highest BCUT2D eigenvalue weighted by Gasteiger charge is 2.44. The average Bonchev–Trinajstić information content (AvgIpc) is 3.96. The standard InChI is InChI=1S/C51H68N8O11S/c1-32-45(71-31-54-32)34-12-10-33(11-13-34)25-53-47(62)41-24-36(60)26-59(41)49(64)46(51(2,3)4)55-44(61)30-70-21-20-69-19-18-68-17-15-52-50(65)58-16-14-37-38(28-57(7)48(63)39(37)29-58)35-22-42(66-8)40(27-56(5)6)43(23-35)67-9/h10-13,22-23,28,31,41,46H,14-21,24-27,29-30H2,1-9H3,(H,52,65)(H,53,62)(H,55,61)/t41-,46+/m1/s1. The Labute approximate surface area is 419 Å². The predicted octanol–water partition coefficient (Wildman–Crippen LogP) is 3.70. The smallest absolute Gasteiger partial charge is 0.317 e. The zero-order valence-corrected chi connectivity index (χ0v) is 43.1. The Morgan fingerprint density at radius 3 is 2.17 bits per heavy atom. The second kappa shape index (κ2) is 24.8. The van der Waals surface area contributed by atoms with Gasteiger partial charge < -0.3 is 58.9 Å². The molecule has 2 atom stereocenters. The van der Waals surface area contributed by atoms with Crippen molar-refractivity contribution in [2.75, 3.05) is 87.6 Å². The number of carbonyl (C=O) groups excluding carboxylic acids is 5. The first kappa shape index (κ1) is 54.1. The van der Waals surface area contributed by atoms with Gasteiger partial charge in [0.15, 0.2) is 5.78 Å². The number of methoxy groups -OCH3 is 2. The number of amides is 5. The van der Waals surface area contributed by atoms with Gasteiger partial charge in [-0.1, -0.05) is 45.0 Å². The summed E-state index contributed by atoms with van der Waals surface area (Å²) >= 11 is 1.56. The Hall–Kier alpha value is -6.19. The normalized spacial score (nSPS) is 15.1. The molecule has 384 valence electrons. The molecule has 0 spiro atoms. The third-order valence-corrected chi connectivity index (χ3v) is 13.3. The average molecular weight is 1000 g/mol. The summed E-state index contributed by atoms with van der Waals surface area (Å²) in [4.78, 5) is 89.8. The molecule has 1 saturated heterocycles. The molecule has 0 radical (unpaired) electrons. The van der Waals surface area contributed by atoms with Crippen LogP contribution in [-0.2, 0) is 66.5 Å². The van der Waals surface area contributed by atoms with Gasteiger partial charge in [0.2, 0.25) is 17.7 Å². The number of hydrogen-bond acceptors (Lipinski definition) is 14. The van der Waals surface area contributed by atoms with E-state index < -0.39 is 35.2 Å². The SMILES string of the molecule is COc1cc(-c2cn(C)c(=O)c3c2CCN(C(=O)NCCOCCOCCOCC(=O)N[C@@H](C(=O)N2CC(=O)C[C@@H]2C(=O)NCc2ccc(-c4scnc4C)cc2)C(C)(C)C)C3)cc(OC)c1CN(C)C. The molecule has 3 N–H and O–H groups in total. The van der Waals surface area contributed by atoms with E-state index in [1.54, 1.807) is 68.4 Å². The number of aromatic nitrogens is 2. The van der Waals surface area contributed by atoms with Crippen LogP contribution in [0.25, 0.3) is 21.6 Å². The molecule has 2 aliphatic heterocycles. The number of nitrogens with one attached hydrogen (secondary N) is 3. The van der Waals surface area contributed by atoms with E-state index in [0.29, 0.717) is 36.6 Å². The largest absolute Gasteiger partial charge is 0.496 e. The highest BCUT2D eigenvalue weighted by atomic mass is 32.1. The van der Waals surface area contributed by atoms with Crippen molar-refractivity contribution in [2.24, 2.45) is 12.5 Å². The molecule has 2 aliphatic rings. The van der Waals surface area contributed by atoms with Crippen molar-refractivity contribution in [3.63, 3.8) is 0 Å². The number of pyridine rings is 1. The number of rotatable bonds is 22. The van der Waals surface area contributed by atoms with Crippen LogP contribution < -0.4 is 31.0 Å². The van der Waals surface area contributed by atoms with Crippen LogP contribution in [0, 0.1) is 12.3 Å². The van der Waals surface area contributed by atoms with Gasteiger partial charge in [0.05, 0.1) is 82.0 Å². The molecule has 1 fully saturated rings. The molecule has 19 nitrogen and oxygen atoms in total. The van der Waals surface area contributed by atoms with Gasteiger partial charge in [-0.15, -0.1) is 11.3 Å². The number of likely N-dealkylation sites (tertiary alicyclic amines) is 1. The molecule has 0 unspecified atom stereocenters. The first-order valence-electron chi connectivity index (χ1n) is 23.7. The fraction of sp³-hybridized carbons (Fsp3) is 0.510. The summed E-state index contributed by atoms with van der Waals surface area (Å²) in [5.74, 6) is -0.369. The summed E-state index contributed by atoms with van der Waals surface area (Å²) in [6.07, 6.45) is 2.21. The Bertz CT molecular complexity index is 2560. The molecule has 5 amide bonds. The number of hydrogen-bond donors (Lipinski definition) is 3. The van der Waals surface area contributed by atoms with Crippen LogP contribution in [0.1, 0.15) is 55.1 Å². The molecule has 4 heterocycles. The number of Topliss-reactive ketones (excluding diaryl/α,β-unsaturated/α-hetero) is 1. The maximum atomic E-state index is 13.9. The minimum absolute atomic E-state index is 0.100. The van der Waals surface area contributed by atoms with Crippen LogP contribution >= 0.6 is 11.3 Å². The molecule has 0 saturated carbocycles. The van der Waals surface area contributed by atoms with Crippen LogP contribution in [0.2, 0.25) is 0 Å². The summed E-state index contributed by atoms with van der Waals surface area (Å²) in [6, 6.07) is 9.37. The molecule has 6 rings (SSSR count). The highest BCUT2D eigenvalue weighted by Crippen LogP contribution is 2.38. The van der Waals surface area contributed by atoms with Crippen LogP contribution in [-0.4, -0.2) is 153 Å². The number of ether oxygens (including phenoxy) is 5. The number of aryl methyl sites for hydroxylation is 2. The number of nitrogens with zero attached hydrogens (tertiary/aromatic N) is 5. The maximum Gasteiger partial charge on any atom is 0.317 e. The van der Waals surface area contributed by atoms with Crippen LogP contribution in [0.15, 0.2) is 52.9 Å². The van der Waals surface area contributed by atoms with Crippen LogP contribution in [0.3, 0.4) is 0 Å². The Morgan fingerprint density at radius 2 is 1.55 bits per heavy atom. The summed E-state index contributed by atoms with van der Waals surface area (Å²) in [7, 11) is 8.91. The zero-order valence-electron chi connectivity index (χ0n) is 42.3. The Balaban J connectivity index is 0.874. The monoisotopic (exact) mass is 1000 g/mol. The van der Waals surface area contributed by atoms with Gasteiger partial charge in [-0.05, 0) is 67.2 Å². The van der Waals surface area contributed by atoms with E-state index in [0.717, 1.165) is 44.0 Å². The molecule has 2 aromatic heterocycles. The third kappa shape index (κ3) is 14.0. The Morgan fingerprint density at radius 1 is 0.887 bits per heavy atom. The molecular weight excluding hydrogens is 933 g/mol. The molecule has 4 aromatic rings. The van der Waals surface area contributed by atoms with Crippen molar-refractivity contribution in [1.29, 1.82) is 0 Å². The van der Waals surface area contributed by atoms with Crippen molar-refractivity contribution in [3.8, 4) is 33.1 Å². The lowest BCUT2D eigenvalue weighted by atomic mass is 9.85.